The number of nitrogens with zero attached hydrogens (tertiary/aromatic N) is 3. The minimum absolute atomic E-state index is 0.0431. The van der Waals surface area contributed by atoms with E-state index >= 15 is 0 Å². The molecule has 2 atom stereocenters. The summed E-state index contributed by atoms with van der Waals surface area (Å²) in [4.78, 5) is 27.0. The summed E-state index contributed by atoms with van der Waals surface area (Å²) in [6.45, 7) is 1.45. The number of carbonyl (C=O) groups excluding carboxylic acids is 2. The first-order valence-electron chi connectivity index (χ1n) is 11.4. The molecule has 3 aromatic rings. The van der Waals surface area contributed by atoms with E-state index in [1.54, 1.807) is 4.90 Å². The molecule has 5 rings (SSSR count). The maximum absolute atomic E-state index is 12.8. The van der Waals surface area contributed by atoms with Crippen molar-refractivity contribution < 1.29 is 9.59 Å². The van der Waals surface area contributed by atoms with Gasteiger partial charge in [-0.15, -0.1) is 0 Å². The second kappa shape index (κ2) is 8.99. The highest BCUT2D eigenvalue weighted by atomic mass is 16.2. The van der Waals surface area contributed by atoms with Gasteiger partial charge in [0.15, 0.2) is 0 Å². The van der Waals surface area contributed by atoms with Crippen molar-refractivity contribution in [2.24, 2.45) is 0 Å². The number of benzene rings is 2. The lowest BCUT2D eigenvalue weighted by Crippen LogP contribution is -2.40. The topological polar surface area (TPSA) is 67.2 Å². The fourth-order valence-corrected chi connectivity index (χ4v) is 4.95. The molecule has 32 heavy (non-hydrogen) atoms. The van der Waals surface area contributed by atoms with Crippen LogP contribution in [0.3, 0.4) is 0 Å². The van der Waals surface area contributed by atoms with Crippen molar-refractivity contribution in [3.8, 4) is 0 Å². The Hall–Kier alpha value is -3.41. The molecular formula is C26H28N4O2. The van der Waals surface area contributed by atoms with Crippen molar-refractivity contribution in [1.29, 1.82) is 0 Å². The molecule has 0 spiro atoms. The number of likely N-dealkylation sites (tertiary alicyclic amines) is 1. The van der Waals surface area contributed by atoms with Gasteiger partial charge in [0.1, 0.15) is 0 Å². The van der Waals surface area contributed by atoms with Crippen molar-refractivity contribution in [2.75, 3.05) is 13.1 Å². The van der Waals surface area contributed by atoms with Crippen LogP contribution in [0, 0.1) is 0 Å². The second-order valence-corrected chi connectivity index (χ2v) is 8.79. The molecule has 2 amide bonds. The third kappa shape index (κ3) is 4.31. The zero-order valence-electron chi connectivity index (χ0n) is 18.1. The average molecular weight is 429 g/mol. The van der Waals surface area contributed by atoms with Gasteiger partial charge in [0, 0.05) is 30.1 Å². The maximum atomic E-state index is 12.8. The molecule has 1 aliphatic heterocycles. The van der Waals surface area contributed by atoms with Gasteiger partial charge in [-0.05, 0) is 30.4 Å². The molecule has 6 nitrogen and oxygen atoms in total. The van der Waals surface area contributed by atoms with E-state index in [0.29, 0.717) is 13.0 Å². The van der Waals surface area contributed by atoms with Gasteiger partial charge in [0.05, 0.1) is 25.3 Å². The number of fused-ring (bicyclic) bond motifs is 1. The number of amides is 2. The van der Waals surface area contributed by atoms with E-state index in [1.165, 1.54) is 11.3 Å². The van der Waals surface area contributed by atoms with Crippen LogP contribution in [0.4, 0.5) is 0 Å². The molecular weight excluding hydrogens is 400 g/mol. The highest BCUT2D eigenvalue weighted by molar-refractivity contribution is 5.86. The van der Waals surface area contributed by atoms with Gasteiger partial charge < -0.3 is 10.2 Å². The van der Waals surface area contributed by atoms with Gasteiger partial charge in [0.25, 0.3) is 0 Å². The Labute approximate surface area is 188 Å². The van der Waals surface area contributed by atoms with Crippen LogP contribution in [0.2, 0.25) is 0 Å². The van der Waals surface area contributed by atoms with E-state index < -0.39 is 0 Å². The molecule has 1 aromatic heterocycles. The van der Waals surface area contributed by atoms with Gasteiger partial charge in [-0.1, -0.05) is 60.7 Å². The Morgan fingerprint density at radius 2 is 1.81 bits per heavy atom. The Balaban J connectivity index is 1.22. The minimum atomic E-state index is -0.0966. The summed E-state index contributed by atoms with van der Waals surface area (Å²) < 4.78 is 2.05. The van der Waals surface area contributed by atoms with Gasteiger partial charge >= 0.3 is 0 Å². The van der Waals surface area contributed by atoms with Gasteiger partial charge in [-0.2, -0.15) is 5.10 Å². The molecule has 164 valence electrons. The molecule has 0 saturated carbocycles. The number of hydrogen-bond acceptors (Lipinski definition) is 3. The van der Waals surface area contributed by atoms with E-state index in [2.05, 4.69) is 39.4 Å². The summed E-state index contributed by atoms with van der Waals surface area (Å²) in [5, 5.41) is 7.78. The normalized spacial score (nSPS) is 20.2. The van der Waals surface area contributed by atoms with E-state index in [-0.39, 0.29) is 30.3 Å². The van der Waals surface area contributed by atoms with Crippen LogP contribution in [0.15, 0.2) is 66.9 Å². The third-order valence-electron chi connectivity index (χ3n) is 6.59. The number of nitrogens with one attached hydrogen (secondary N) is 1. The molecule has 1 fully saturated rings. The lowest BCUT2D eigenvalue weighted by Gasteiger charge is -2.25. The second-order valence-electron chi connectivity index (χ2n) is 8.79. The van der Waals surface area contributed by atoms with Crippen LogP contribution >= 0.6 is 0 Å². The number of hydrogen-bond donors (Lipinski definition) is 1. The Morgan fingerprint density at radius 3 is 2.59 bits per heavy atom. The molecule has 1 aliphatic carbocycles. The summed E-state index contributed by atoms with van der Waals surface area (Å²) in [6, 6.07) is 20.3. The van der Waals surface area contributed by atoms with Crippen molar-refractivity contribution in [1.82, 2.24) is 20.0 Å². The Bertz CT molecular complexity index is 1090. The van der Waals surface area contributed by atoms with Crippen LogP contribution < -0.4 is 5.32 Å². The fraction of sp³-hybridized carbons (Fsp3) is 0.346. The first kappa shape index (κ1) is 20.5. The van der Waals surface area contributed by atoms with Crippen LogP contribution in [-0.4, -0.2) is 39.6 Å². The standard InChI is InChI=1S/C26H28N4O2/c31-25(18-29-17-21(14-26(29)32)20-10-5-2-6-11-20)28-23-12-7-13-24-22(23)15-27-30(24)16-19-8-3-1-4-9-19/h1-6,8-11,15,21,23H,7,12-14,16-18H2,(H,28,31)/t21-,23-/m1/s1. The molecule has 1 N–H and O–H groups in total. The predicted molar refractivity (Wildman–Crippen MR) is 122 cm³/mol. The first-order chi connectivity index (χ1) is 15.7. The number of carbonyl (C=O) groups is 2. The van der Waals surface area contributed by atoms with Crippen molar-refractivity contribution in [3.05, 3.63) is 89.2 Å². The molecule has 6 heteroatoms. The molecule has 0 radical (unpaired) electrons. The number of rotatable bonds is 6. The van der Waals surface area contributed by atoms with E-state index in [4.69, 9.17) is 0 Å². The summed E-state index contributed by atoms with van der Waals surface area (Å²) >= 11 is 0. The lowest BCUT2D eigenvalue weighted by atomic mass is 9.93. The highest BCUT2D eigenvalue weighted by Crippen LogP contribution is 2.31. The zero-order valence-corrected chi connectivity index (χ0v) is 18.1. The summed E-state index contributed by atoms with van der Waals surface area (Å²) in [5.41, 5.74) is 4.68. The summed E-state index contributed by atoms with van der Waals surface area (Å²) in [7, 11) is 0. The molecule has 2 heterocycles. The zero-order chi connectivity index (χ0) is 21.9. The van der Waals surface area contributed by atoms with Crippen LogP contribution in [0.1, 0.15) is 53.6 Å². The van der Waals surface area contributed by atoms with Gasteiger partial charge in [-0.25, -0.2) is 0 Å². The molecule has 2 aromatic carbocycles. The first-order valence-corrected chi connectivity index (χ1v) is 11.4. The highest BCUT2D eigenvalue weighted by Gasteiger charge is 2.32. The van der Waals surface area contributed by atoms with Crippen molar-refractivity contribution in [3.63, 3.8) is 0 Å². The molecule has 2 aliphatic rings. The predicted octanol–water partition coefficient (Wildman–Crippen LogP) is 3.44. The molecule has 0 bridgehead atoms. The lowest BCUT2D eigenvalue weighted by molar-refractivity contribution is -0.133. The van der Waals surface area contributed by atoms with Crippen LogP contribution in [0.5, 0.6) is 0 Å². The van der Waals surface area contributed by atoms with E-state index in [1.807, 2.05) is 42.6 Å². The van der Waals surface area contributed by atoms with Crippen LogP contribution in [-0.2, 0) is 22.6 Å². The Kier molecular flexibility index (Phi) is 5.75. The average Bonchev–Trinajstić information content (AvgIpc) is 3.39. The quantitative estimate of drug-likeness (QED) is 0.654. The van der Waals surface area contributed by atoms with E-state index in [0.717, 1.165) is 36.9 Å². The summed E-state index contributed by atoms with van der Waals surface area (Å²) in [6.07, 6.45) is 5.25. The fourth-order valence-electron chi connectivity index (χ4n) is 4.95. The van der Waals surface area contributed by atoms with Gasteiger partial charge in [-0.3, -0.25) is 14.3 Å². The Morgan fingerprint density at radius 1 is 1.06 bits per heavy atom. The van der Waals surface area contributed by atoms with Gasteiger partial charge in [0.2, 0.25) is 11.8 Å². The van der Waals surface area contributed by atoms with E-state index in [9.17, 15) is 9.59 Å². The largest absolute Gasteiger partial charge is 0.348 e. The van der Waals surface area contributed by atoms with Crippen molar-refractivity contribution >= 4 is 11.8 Å². The minimum Gasteiger partial charge on any atom is -0.348 e. The smallest absolute Gasteiger partial charge is 0.240 e. The number of aromatic nitrogens is 2. The summed E-state index contributed by atoms with van der Waals surface area (Å²) in [5.74, 6) is 0.115. The third-order valence-corrected chi connectivity index (χ3v) is 6.59. The molecule has 0 unspecified atom stereocenters. The SMILES string of the molecule is O=C(CN1C[C@H](c2ccccc2)CC1=O)N[C@@H]1CCCc2c1cnn2Cc1ccccc1. The van der Waals surface area contributed by atoms with Crippen molar-refractivity contribution in [2.45, 2.75) is 44.2 Å². The molecule has 1 saturated heterocycles. The monoisotopic (exact) mass is 428 g/mol. The maximum Gasteiger partial charge on any atom is 0.240 e. The van der Waals surface area contributed by atoms with Crippen LogP contribution in [0.25, 0.3) is 0 Å².